The van der Waals surface area contributed by atoms with Gasteiger partial charge in [-0.3, -0.25) is 0 Å². The molecule has 0 spiro atoms. The third-order valence-electron chi connectivity index (χ3n) is 3.48. The number of pyridine rings is 1. The first kappa shape index (κ1) is 15.4. The summed E-state index contributed by atoms with van der Waals surface area (Å²) in [6.07, 6.45) is 1.68. The number of aryl methyl sites for hydroxylation is 3. The molecule has 0 aliphatic heterocycles. The first-order valence-electron chi connectivity index (χ1n) is 6.78. The number of anilines is 1. The summed E-state index contributed by atoms with van der Waals surface area (Å²) in [5, 5.41) is 4.54. The molecule has 3 nitrogen and oxygen atoms in total. The number of hydrogen-bond acceptors (Lipinski definition) is 3. The molecule has 3 aromatic rings. The van der Waals surface area contributed by atoms with E-state index < -0.39 is 0 Å². The molecule has 1 aromatic carbocycles. The molecule has 0 bridgehead atoms. The van der Waals surface area contributed by atoms with Gasteiger partial charge in [0, 0.05) is 5.39 Å². The fourth-order valence-electron chi connectivity index (χ4n) is 2.53. The van der Waals surface area contributed by atoms with E-state index in [0.29, 0.717) is 6.54 Å². The lowest BCUT2D eigenvalue weighted by Gasteiger charge is -2.10. The molecule has 21 heavy (non-hydrogen) atoms. The second kappa shape index (κ2) is 6.19. The fraction of sp³-hybridized carbons (Fsp3) is 0.235. The Bertz CT molecular complexity index is 751. The molecule has 0 aliphatic carbocycles. The number of hydrogen-bond donors (Lipinski definition) is 1. The molecule has 0 fully saturated rings. The number of fused-ring (bicyclic) bond motifs is 1. The standard InChI is InChI=1S/C17H18N2O.ClH/c1-11-7-13(3)17-15(8-11)12(2)9-16(19-17)18-10-14-5-4-6-20-14;/h4-9H,10H2,1-3H3,(H,18,19);1H. The van der Waals surface area contributed by atoms with E-state index in [2.05, 4.69) is 44.3 Å². The van der Waals surface area contributed by atoms with Crippen LogP contribution in [-0.4, -0.2) is 4.98 Å². The maximum atomic E-state index is 5.32. The molecule has 0 saturated heterocycles. The van der Waals surface area contributed by atoms with Gasteiger partial charge in [0.05, 0.1) is 18.3 Å². The predicted octanol–water partition coefficient (Wildman–Crippen LogP) is 4.79. The topological polar surface area (TPSA) is 38.1 Å². The highest BCUT2D eigenvalue weighted by Gasteiger charge is 2.06. The first-order chi connectivity index (χ1) is 9.63. The van der Waals surface area contributed by atoms with Gasteiger partial charge in [-0.25, -0.2) is 4.98 Å². The lowest BCUT2D eigenvalue weighted by Crippen LogP contribution is -2.02. The van der Waals surface area contributed by atoms with E-state index in [9.17, 15) is 0 Å². The number of nitrogens with zero attached hydrogens (tertiary/aromatic N) is 1. The van der Waals surface area contributed by atoms with Gasteiger partial charge in [0.25, 0.3) is 0 Å². The maximum Gasteiger partial charge on any atom is 0.127 e. The summed E-state index contributed by atoms with van der Waals surface area (Å²) in [5.74, 6) is 1.79. The monoisotopic (exact) mass is 302 g/mol. The van der Waals surface area contributed by atoms with Crippen LogP contribution in [0.25, 0.3) is 10.9 Å². The SMILES string of the molecule is Cc1cc(C)c2nc(NCc3ccco3)cc(C)c2c1.Cl. The van der Waals surface area contributed by atoms with Gasteiger partial charge in [-0.15, -0.1) is 12.4 Å². The summed E-state index contributed by atoms with van der Waals surface area (Å²) in [4.78, 5) is 4.72. The van der Waals surface area contributed by atoms with Crippen molar-refractivity contribution < 1.29 is 4.42 Å². The molecule has 110 valence electrons. The Kier molecular flexibility index (Phi) is 4.53. The van der Waals surface area contributed by atoms with Crippen molar-refractivity contribution in [2.45, 2.75) is 27.3 Å². The van der Waals surface area contributed by atoms with E-state index >= 15 is 0 Å². The molecular weight excluding hydrogens is 284 g/mol. The largest absolute Gasteiger partial charge is 0.467 e. The van der Waals surface area contributed by atoms with Gasteiger partial charge in [-0.2, -0.15) is 0 Å². The number of furan rings is 1. The number of nitrogens with one attached hydrogen (secondary N) is 1. The zero-order valence-corrected chi connectivity index (χ0v) is 13.3. The molecule has 3 rings (SSSR count). The Morgan fingerprint density at radius 2 is 1.90 bits per heavy atom. The van der Waals surface area contributed by atoms with Crippen LogP contribution in [-0.2, 0) is 6.54 Å². The molecule has 0 saturated carbocycles. The molecule has 0 aliphatic rings. The Hall–Kier alpha value is -2.00. The average molecular weight is 303 g/mol. The zero-order chi connectivity index (χ0) is 14.1. The maximum absolute atomic E-state index is 5.32. The van der Waals surface area contributed by atoms with Crippen molar-refractivity contribution in [1.29, 1.82) is 0 Å². The molecule has 2 heterocycles. The van der Waals surface area contributed by atoms with E-state index in [-0.39, 0.29) is 12.4 Å². The van der Waals surface area contributed by atoms with Crippen LogP contribution < -0.4 is 5.32 Å². The van der Waals surface area contributed by atoms with Crippen LogP contribution in [0.5, 0.6) is 0 Å². The van der Waals surface area contributed by atoms with Crippen LogP contribution in [0.1, 0.15) is 22.5 Å². The quantitative estimate of drug-likeness (QED) is 0.756. The van der Waals surface area contributed by atoms with Crippen molar-refractivity contribution in [3.8, 4) is 0 Å². The minimum Gasteiger partial charge on any atom is -0.467 e. The average Bonchev–Trinajstić information content (AvgIpc) is 2.91. The number of halogens is 1. The van der Waals surface area contributed by atoms with Crippen molar-refractivity contribution >= 4 is 29.1 Å². The summed E-state index contributed by atoms with van der Waals surface area (Å²) in [6.45, 7) is 7.00. The van der Waals surface area contributed by atoms with Crippen LogP contribution in [0.4, 0.5) is 5.82 Å². The number of benzene rings is 1. The van der Waals surface area contributed by atoms with Crippen LogP contribution in [0.15, 0.2) is 41.0 Å². The van der Waals surface area contributed by atoms with Gasteiger partial charge in [0.2, 0.25) is 0 Å². The molecule has 2 aromatic heterocycles. The van der Waals surface area contributed by atoms with Gasteiger partial charge < -0.3 is 9.73 Å². The normalized spacial score (nSPS) is 10.4. The molecular formula is C17H19ClN2O. The minimum atomic E-state index is 0. The summed E-state index contributed by atoms with van der Waals surface area (Å²) in [7, 11) is 0. The van der Waals surface area contributed by atoms with E-state index in [1.807, 2.05) is 12.1 Å². The summed E-state index contributed by atoms with van der Waals surface area (Å²) < 4.78 is 5.32. The Morgan fingerprint density at radius 3 is 2.62 bits per heavy atom. The summed E-state index contributed by atoms with van der Waals surface area (Å²) >= 11 is 0. The van der Waals surface area contributed by atoms with Crippen molar-refractivity contribution in [3.05, 3.63) is 59.0 Å². The van der Waals surface area contributed by atoms with E-state index in [1.54, 1.807) is 6.26 Å². The smallest absolute Gasteiger partial charge is 0.127 e. The van der Waals surface area contributed by atoms with Gasteiger partial charge in [0.15, 0.2) is 0 Å². The fourth-order valence-corrected chi connectivity index (χ4v) is 2.53. The van der Waals surface area contributed by atoms with Gasteiger partial charge in [0.1, 0.15) is 11.6 Å². The highest BCUT2D eigenvalue weighted by molar-refractivity contribution is 5.87. The highest BCUT2D eigenvalue weighted by atomic mass is 35.5. The van der Waals surface area contributed by atoms with Crippen molar-refractivity contribution in [1.82, 2.24) is 4.98 Å². The van der Waals surface area contributed by atoms with Crippen LogP contribution >= 0.6 is 12.4 Å². The van der Waals surface area contributed by atoms with E-state index in [0.717, 1.165) is 17.1 Å². The Balaban J connectivity index is 0.00000161. The third kappa shape index (κ3) is 3.19. The van der Waals surface area contributed by atoms with E-state index in [4.69, 9.17) is 9.40 Å². The Morgan fingerprint density at radius 1 is 1.10 bits per heavy atom. The molecule has 1 N–H and O–H groups in total. The lowest BCUT2D eigenvalue weighted by atomic mass is 10.0. The lowest BCUT2D eigenvalue weighted by molar-refractivity contribution is 0.518. The summed E-state index contributed by atoms with van der Waals surface area (Å²) in [6, 6.07) is 10.3. The molecule has 0 atom stereocenters. The van der Waals surface area contributed by atoms with Crippen molar-refractivity contribution in [3.63, 3.8) is 0 Å². The van der Waals surface area contributed by atoms with Crippen molar-refractivity contribution in [2.24, 2.45) is 0 Å². The number of aromatic nitrogens is 1. The highest BCUT2D eigenvalue weighted by Crippen LogP contribution is 2.24. The van der Waals surface area contributed by atoms with E-state index in [1.165, 1.54) is 22.1 Å². The first-order valence-corrected chi connectivity index (χ1v) is 6.78. The second-order valence-corrected chi connectivity index (χ2v) is 5.24. The Labute approximate surface area is 130 Å². The zero-order valence-electron chi connectivity index (χ0n) is 12.4. The predicted molar refractivity (Wildman–Crippen MR) is 89.2 cm³/mol. The minimum absolute atomic E-state index is 0. The third-order valence-corrected chi connectivity index (χ3v) is 3.48. The number of rotatable bonds is 3. The summed E-state index contributed by atoms with van der Waals surface area (Å²) in [5.41, 5.74) is 4.79. The van der Waals surface area contributed by atoms with Gasteiger partial charge in [-0.1, -0.05) is 11.6 Å². The molecule has 0 unspecified atom stereocenters. The molecule has 4 heteroatoms. The van der Waals surface area contributed by atoms with Crippen molar-refractivity contribution in [2.75, 3.05) is 5.32 Å². The van der Waals surface area contributed by atoms with Gasteiger partial charge in [-0.05, 0) is 56.2 Å². The molecule has 0 amide bonds. The second-order valence-electron chi connectivity index (χ2n) is 5.24. The van der Waals surface area contributed by atoms with Crippen LogP contribution in [0.3, 0.4) is 0 Å². The van der Waals surface area contributed by atoms with Crippen LogP contribution in [0, 0.1) is 20.8 Å². The van der Waals surface area contributed by atoms with Gasteiger partial charge >= 0.3 is 0 Å². The van der Waals surface area contributed by atoms with Crippen LogP contribution in [0.2, 0.25) is 0 Å². The molecule has 0 radical (unpaired) electrons.